The number of halogens is 2. The second-order valence-electron chi connectivity index (χ2n) is 7.23. The highest BCUT2D eigenvalue weighted by Crippen LogP contribution is 2.42. The Hall–Kier alpha value is -1.56. The van der Waals surface area contributed by atoms with Crippen molar-refractivity contribution < 1.29 is 4.79 Å². The van der Waals surface area contributed by atoms with Crippen LogP contribution in [0.25, 0.3) is 5.69 Å². The maximum absolute atomic E-state index is 12.6. The summed E-state index contributed by atoms with van der Waals surface area (Å²) in [5, 5.41) is 8.05. The largest absolute Gasteiger partial charge is 0.350 e. The first-order valence-corrected chi connectivity index (χ1v) is 8.55. The average molecular weight is 383 g/mol. The molecule has 0 atom stereocenters. The highest BCUT2D eigenvalue weighted by atomic mass is 35.5. The zero-order chi connectivity index (χ0) is 17.5. The van der Waals surface area contributed by atoms with E-state index >= 15 is 0 Å². The van der Waals surface area contributed by atoms with Gasteiger partial charge in [0.25, 0.3) is 5.91 Å². The fraction of sp³-hybridized carbons (Fsp3) is 0.444. The summed E-state index contributed by atoms with van der Waals surface area (Å²) in [6.45, 7) is 6.14. The van der Waals surface area contributed by atoms with E-state index in [1.54, 1.807) is 6.20 Å². The molecule has 1 amide bonds. The molecule has 0 radical (unpaired) electrons. The Kier molecular flexibility index (Phi) is 5.82. The first-order valence-electron chi connectivity index (χ1n) is 8.18. The van der Waals surface area contributed by atoms with Crippen LogP contribution < -0.4 is 11.1 Å². The van der Waals surface area contributed by atoms with E-state index in [4.69, 9.17) is 17.3 Å². The third kappa shape index (κ3) is 4.54. The molecular weight excluding hydrogens is 359 g/mol. The van der Waals surface area contributed by atoms with Crippen molar-refractivity contribution in [1.82, 2.24) is 15.1 Å². The summed E-state index contributed by atoms with van der Waals surface area (Å²) >= 11 is 6.25. The maximum atomic E-state index is 12.6. The van der Waals surface area contributed by atoms with Crippen molar-refractivity contribution in [3.8, 4) is 5.69 Å². The molecule has 7 heteroatoms. The van der Waals surface area contributed by atoms with E-state index in [2.05, 4.69) is 10.4 Å². The molecule has 1 fully saturated rings. The van der Waals surface area contributed by atoms with Gasteiger partial charge in [-0.1, -0.05) is 17.7 Å². The van der Waals surface area contributed by atoms with Crippen LogP contribution in [0.15, 0.2) is 24.4 Å². The minimum absolute atomic E-state index is 0. The first-order chi connectivity index (χ1) is 11.3. The van der Waals surface area contributed by atoms with Crippen LogP contribution in [0.3, 0.4) is 0 Å². The highest BCUT2D eigenvalue weighted by molar-refractivity contribution is 6.31. The van der Waals surface area contributed by atoms with Crippen LogP contribution in [0, 0.1) is 6.92 Å². The Labute approximate surface area is 159 Å². The Morgan fingerprint density at radius 1 is 1.44 bits per heavy atom. The number of benzene rings is 1. The van der Waals surface area contributed by atoms with Crippen molar-refractivity contribution in [1.29, 1.82) is 0 Å². The molecule has 1 heterocycles. The van der Waals surface area contributed by atoms with E-state index in [1.165, 1.54) is 0 Å². The molecule has 5 nitrogen and oxygen atoms in total. The minimum atomic E-state index is -0.449. The molecule has 136 valence electrons. The van der Waals surface area contributed by atoms with Gasteiger partial charge in [-0.05, 0) is 51.3 Å². The predicted octanol–water partition coefficient (Wildman–Crippen LogP) is 3.60. The molecule has 1 saturated carbocycles. The monoisotopic (exact) mass is 382 g/mol. The van der Waals surface area contributed by atoms with Crippen LogP contribution in [-0.2, 0) is 0 Å². The molecule has 0 unspecified atom stereocenters. The van der Waals surface area contributed by atoms with Gasteiger partial charge in [0, 0.05) is 23.0 Å². The van der Waals surface area contributed by atoms with E-state index in [0.717, 1.165) is 29.8 Å². The second-order valence-corrected chi connectivity index (χ2v) is 7.64. The molecule has 2 aromatic rings. The maximum Gasteiger partial charge on any atom is 0.254 e. The average Bonchev–Trinajstić information content (AvgIpc) is 3.25. The van der Waals surface area contributed by atoms with Gasteiger partial charge in [0.15, 0.2) is 0 Å². The molecule has 0 spiro atoms. The van der Waals surface area contributed by atoms with E-state index in [-0.39, 0.29) is 18.3 Å². The Balaban J connectivity index is 0.00000225. The predicted molar refractivity (Wildman–Crippen MR) is 103 cm³/mol. The number of amides is 1. The van der Waals surface area contributed by atoms with E-state index in [9.17, 15) is 4.79 Å². The first kappa shape index (κ1) is 19.8. The number of carbonyl (C=O) groups is 1. The van der Waals surface area contributed by atoms with E-state index in [1.807, 2.05) is 43.7 Å². The second kappa shape index (κ2) is 7.36. The fourth-order valence-electron chi connectivity index (χ4n) is 2.61. The summed E-state index contributed by atoms with van der Waals surface area (Å²) < 4.78 is 1.84. The number of nitrogens with one attached hydrogen (secondary N) is 1. The standard InChI is InChI=1S/C18H23ClN4O.ClH/c1-11-4-7-13(8-15(11)19)23-16(12-5-6-12)14(9-22-23)17(24)21-10-18(2,3)20;/h4,7-9,12H,5-6,10,20H2,1-3H3,(H,21,24);1H. The summed E-state index contributed by atoms with van der Waals surface area (Å²) in [5.41, 5.74) is 8.98. The van der Waals surface area contributed by atoms with Crippen molar-refractivity contribution in [2.45, 2.75) is 45.1 Å². The van der Waals surface area contributed by atoms with Gasteiger partial charge in [-0.15, -0.1) is 12.4 Å². The van der Waals surface area contributed by atoms with Crippen LogP contribution in [0.1, 0.15) is 54.2 Å². The lowest BCUT2D eigenvalue weighted by atomic mass is 10.1. The molecule has 25 heavy (non-hydrogen) atoms. The number of nitrogens with two attached hydrogens (primary N) is 1. The third-order valence-electron chi connectivity index (χ3n) is 4.12. The zero-order valence-corrected chi connectivity index (χ0v) is 16.2. The van der Waals surface area contributed by atoms with Gasteiger partial charge in [0.2, 0.25) is 0 Å². The van der Waals surface area contributed by atoms with Crippen LogP contribution in [0.5, 0.6) is 0 Å². The smallest absolute Gasteiger partial charge is 0.254 e. The lowest BCUT2D eigenvalue weighted by Crippen LogP contribution is -2.45. The molecule has 0 aliphatic heterocycles. The molecular formula is C18H24Cl2N4O. The van der Waals surface area contributed by atoms with Gasteiger partial charge in [0.1, 0.15) is 0 Å². The van der Waals surface area contributed by atoms with Crippen molar-refractivity contribution in [2.24, 2.45) is 5.73 Å². The summed E-state index contributed by atoms with van der Waals surface area (Å²) in [5.74, 6) is 0.249. The lowest BCUT2D eigenvalue weighted by Gasteiger charge is -2.19. The normalized spacial score (nSPS) is 14.1. The molecule has 0 bridgehead atoms. The molecule has 1 aliphatic rings. The zero-order valence-electron chi connectivity index (χ0n) is 14.7. The topological polar surface area (TPSA) is 72.9 Å². The molecule has 1 aromatic carbocycles. The van der Waals surface area contributed by atoms with Crippen LogP contribution in [0.4, 0.5) is 0 Å². The third-order valence-corrected chi connectivity index (χ3v) is 4.53. The van der Waals surface area contributed by atoms with E-state index < -0.39 is 5.54 Å². The number of hydrogen-bond acceptors (Lipinski definition) is 3. The number of nitrogens with zero attached hydrogens (tertiary/aromatic N) is 2. The van der Waals surface area contributed by atoms with Crippen molar-refractivity contribution in [3.63, 3.8) is 0 Å². The van der Waals surface area contributed by atoms with Crippen molar-refractivity contribution in [3.05, 3.63) is 46.2 Å². The van der Waals surface area contributed by atoms with Crippen LogP contribution in [0.2, 0.25) is 5.02 Å². The number of carbonyl (C=O) groups excluding carboxylic acids is 1. The number of aromatic nitrogens is 2. The summed E-state index contributed by atoms with van der Waals surface area (Å²) in [7, 11) is 0. The quantitative estimate of drug-likeness (QED) is 0.829. The Bertz CT molecular complexity index is 776. The molecule has 0 saturated heterocycles. The van der Waals surface area contributed by atoms with Crippen LogP contribution in [-0.4, -0.2) is 27.8 Å². The van der Waals surface area contributed by atoms with Gasteiger partial charge in [0.05, 0.1) is 23.1 Å². The van der Waals surface area contributed by atoms with Gasteiger partial charge < -0.3 is 11.1 Å². The minimum Gasteiger partial charge on any atom is -0.350 e. The molecule has 3 rings (SSSR count). The molecule has 3 N–H and O–H groups in total. The van der Waals surface area contributed by atoms with Crippen molar-refractivity contribution >= 4 is 29.9 Å². The fourth-order valence-corrected chi connectivity index (χ4v) is 2.78. The number of aryl methyl sites for hydroxylation is 1. The summed E-state index contributed by atoms with van der Waals surface area (Å²) in [4.78, 5) is 12.6. The highest BCUT2D eigenvalue weighted by Gasteiger charge is 2.33. The van der Waals surface area contributed by atoms with Gasteiger partial charge in [-0.2, -0.15) is 5.10 Å². The van der Waals surface area contributed by atoms with Gasteiger partial charge >= 0.3 is 0 Å². The number of hydrogen-bond donors (Lipinski definition) is 2. The SMILES string of the molecule is Cc1ccc(-n2ncc(C(=O)NCC(C)(C)N)c2C2CC2)cc1Cl.Cl. The van der Waals surface area contributed by atoms with E-state index in [0.29, 0.717) is 23.0 Å². The molecule has 1 aliphatic carbocycles. The molecule has 1 aromatic heterocycles. The summed E-state index contributed by atoms with van der Waals surface area (Å²) in [6.07, 6.45) is 3.79. The summed E-state index contributed by atoms with van der Waals surface area (Å²) in [6, 6.07) is 5.83. The Morgan fingerprint density at radius 3 is 2.68 bits per heavy atom. The van der Waals surface area contributed by atoms with Crippen LogP contribution >= 0.6 is 24.0 Å². The van der Waals surface area contributed by atoms with Crippen molar-refractivity contribution in [2.75, 3.05) is 6.54 Å². The lowest BCUT2D eigenvalue weighted by molar-refractivity contribution is 0.0945. The van der Waals surface area contributed by atoms with Gasteiger partial charge in [-0.25, -0.2) is 4.68 Å². The Morgan fingerprint density at radius 2 is 2.12 bits per heavy atom. The number of rotatable bonds is 5. The van der Waals surface area contributed by atoms with Gasteiger partial charge in [-0.3, -0.25) is 4.79 Å².